The number of aryl methyl sites for hydroxylation is 1. The second-order valence-electron chi connectivity index (χ2n) is 5.63. The van der Waals surface area contributed by atoms with E-state index in [-0.39, 0.29) is 0 Å². The van der Waals surface area contributed by atoms with Crippen LogP contribution in [0.25, 0.3) is 0 Å². The van der Waals surface area contributed by atoms with Crippen molar-refractivity contribution in [2.75, 3.05) is 7.05 Å². The standard InChI is InChI=1S/C16H24N2S/c1-13-7-6-8-14(11-13)12-18(2)16(19)17-15-9-4-3-5-10-15/h6-8,11,15H,3-5,9-10,12H2,1-2H3,(H,17,19). The van der Waals surface area contributed by atoms with E-state index in [2.05, 4.69) is 48.5 Å². The molecule has 2 rings (SSSR count). The predicted molar refractivity (Wildman–Crippen MR) is 85.3 cm³/mol. The van der Waals surface area contributed by atoms with Crippen LogP contribution in [0.4, 0.5) is 0 Å². The van der Waals surface area contributed by atoms with E-state index >= 15 is 0 Å². The van der Waals surface area contributed by atoms with Crippen LogP contribution in [0, 0.1) is 6.92 Å². The number of thiocarbonyl (C=S) groups is 1. The molecule has 0 unspecified atom stereocenters. The lowest BCUT2D eigenvalue weighted by molar-refractivity contribution is 0.392. The van der Waals surface area contributed by atoms with Gasteiger partial charge in [-0.05, 0) is 37.5 Å². The Morgan fingerprint density at radius 1 is 1.32 bits per heavy atom. The summed E-state index contributed by atoms with van der Waals surface area (Å²) in [5.74, 6) is 0. The summed E-state index contributed by atoms with van der Waals surface area (Å²) in [5, 5.41) is 4.39. The quantitative estimate of drug-likeness (QED) is 0.849. The summed E-state index contributed by atoms with van der Waals surface area (Å²) in [6.45, 7) is 3.00. The van der Waals surface area contributed by atoms with Crippen LogP contribution in [-0.2, 0) is 6.54 Å². The van der Waals surface area contributed by atoms with Crippen LogP contribution >= 0.6 is 12.2 Å². The Morgan fingerprint density at radius 2 is 2.05 bits per heavy atom. The SMILES string of the molecule is Cc1cccc(CN(C)C(=S)NC2CCCCC2)c1. The lowest BCUT2D eigenvalue weighted by atomic mass is 9.96. The van der Waals surface area contributed by atoms with Crippen molar-refractivity contribution in [2.24, 2.45) is 0 Å². The van der Waals surface area contributed by atoms with Gasteiger partial charge in [-0.15, -0.1) is 0 Å². The summed E-state index contributed by atoms with van der Waals surface area (Å²) in [6.07, 6.45) is 6.57. The molecule has 0 saturated heterocycles. The molecule has 1 aromatic carbocycles. The highest BCUT2D eigenvalue weighted by atomic mass is 32.1. The lowest BCUT2D eigenvalue weighted by Crippen LogP contribution is -2.43. The molecule has 1 aliphatic carbocycles. The van der Waals surface area contributed by atoms with Crippen molar-refractivity contribution in [3.63, 3.8) is 0 Å². The smallest absolute Gasteiger partial charge is 0.169 e. The molecule has 0 bridgehead atoms. The summed E-state index contributed by atoms with van der Waals surface area (Å²) < 4.78 is 0. The number of nitrogens with one attached hydrogen (secondary N) is 1. The third-order valence-electron chi connectivity index (χ3n) is 3.78. The topological polar surface area (TPSA) is 15.3 Å². The minimum absolute atomic E-state index is 0.584. The Morgan fingerprint density at radius 3 is 2.74 bits per heavy atom. The van der Waals surface area contributed by atoms with Crippen molar-refractivity contribution in [3.8, 4) is 0 Å². The minimum atomic E-state index is 0.584. The highest BCUT2D eigenvalue weighted by Gasteiger charge is 2.15. The van der Waals surface area contributed by atoms with E-state index in [0.717, 1.165) is 11.7 Å². The average molecular weight is 276 g/mol. The first kappa shape index (κ1) is 14.3. The van der Waals surface area contributed by atoms with Gasteiger partial charge >= 0.3 is 0 Å². The fourth-order valence-corrected chi connectivity index (χ4v) is 2.92. The molecule has 2 nitrogen and oxygen atoms in total. The first-order valence-electron chi connectivity index (χ1n) is 7.22. The van der Waals surface area contributed by atoms with Gasteiger partial charge in [-0.25, -0.2) is 0 Å². The summed E-state index contributed by atoms with van der Waals surface area (Å²) in [6, 6.07) is 9.20. The highest BCUT2D eigenvalue weighted by molar-refractivity contribution is 7.80. The maximum absolute atomic E-state index is 5.50. The molecule has 1 aromatic rings. The first-order chi connectivity index (χ1) is 9.15. The third kappa shape index (κ3) is 4.50. The van der Waals surface area contributed by atoms with Gasteiger partial charge in [-0.2, -0.15) is 0 Å². The van der Waals surface area contributed by atoms with Crippen molar-refractivity contribution in [1.82, 2.24) is 10.2 Å². The molecule has 0 amide bonds. The zero-order valence-corrected chi connectivity index (χ0v) is 12.8. The van der Waals surface area contributed by atoms with Crippen LogP contribution in [-0.4, -0.2) is 23.1 Å². The minimum Gasteiger partial charge on any atom is -0.360 e. The van der Waals surface area contributed by atoms with Gasteiger partial charge in [0.2, 0.25) is 0 Å². The fourth-order valence-electron chi connectivity index (χ4n) is 2.69. The highest BCUT2D eigenvalue weighted by Crippen LogP contribution is 2.17. The molecule has 1 saturated carbocycles. The van der Waals surface area contributed by atoms with Crippen LogP contribution < -0.4 is 5.32 Å². The summed E-state index contributed by atoms with van der Waals surface area (Å²) in [4.78, 5) is 2.14. The van der Waals surface area contributed by atoms with Crippen LogP contribution in [0.15, 0.2) is 24.3 Å². The summed E-state index contributed by atoms with van der Waals surface area (Å²) >= 11 is 5.50. The van der Waals surface area contributed by atoms with Crippen molar-refractivity contribution in [1.29, 1.82) is 0 Å². The molecule has 0 atom stereocenters. The molecule has 0 spiro atoms. The van der Waals surface area contributed by atoms with E-state index in [1.54, 1.807) is 0 Å². The van der Waals surface area contributed by atoms with E-state index in [1.807, 2.05) is 0 Å². The van der Waals surface area contributed by atoms with Crippen LogP contribution in [0.3, 0.4) is 0 Å². The summed E-state index contributed by atoms with van der Waals surface area (Å²) in [5.41, 5.74) is 2.62. The molecule has 3 heteroatoms. The Labute approximate surface area is 122 Å². The maximum Gasteiger partial charge on any atom is 0.169 e. The summed E-state index contributed by atoms with van der Waals surface area (Å²) in [7, 11) is 2.07. The van der Waals surface area contributed by atoms with Gasteiger partial charge in [0.05, 0.1) is 0 Å². The predicted octanol–water partition coefficient (Wildman–Crippen LogP) is 3.63. The fraction of sp³-hybridized carbons (Fsp3) is 0.562. The number of hydrogen-bond acceptors (Lipinski definition) is 1. The first-order valence-corrected chi connectivity index (χ1v) is 7.63. The van der Waals surface area contributed by atoms with Gasteiger partial charge in [0.15, 0.2) is 5.11 Å². The van der Waals surface area contributed by atoms with Crippen molar-refractivity contribution in [2.45, 2.75) is 51.6 Å². The van der Waals surface area contributed by atoms with Gasteiger partial charge in [0.25, 0.3) is 0 Å². The molecular formula is C16H24N2S. The van der Waals surface area contributed by atoms with Crippen molar-refractivity contribution >= 4 is 17.3 Å². The van der Waals surface area contributed by atoms with Crippen molar-refractivity contribution < 1.29 is 0 Å². The number of rotatable bonds is 3. The number of benzene rings is 1. The van der Waals surface area contributed by atoms with Gasteiger partial charge in [-0.3, -0.25) is 0 Å². The van der Waals surface area contributed by atoms with Gasteiger partial charge < -0.3 is 10.2 Å². The molecule has 0 heterocycles. The van der Waals surface area contributed by atoms with Gasteiger partial charge in [-0.1, -0.05) is 49.1 Å². The molecule has 0 aliphatic heterocycles. The van der Waals surface area contributed by atoms with Crippen LogP contribution in [0.5, 0.6) is 0 Å². The van der Waals surface area contributed by atoms with Gasteiger partial charge in [0.1, 0.15) is 0 Å². The van der Waals surface area contributed by atoms with Gasteiger partial charge in [0, 0.05) is 19.6 Å². The molecule has 19 heavy (non-hydrogen) atoms. The second-order valence-corrected chi connectivity index (χ2v) is 6.02. The maximum atomic E-state index is 5.50. The molecule has 0 radical (unpaired) electrons. The monoisotopic (exact) mass is 276 g/mol. The molecule has 0 aromatic heterocycles. The molecule has 1 aliphatic rings. The van der Waals surface area contributed by atoms with E-state index in [9.17, 15) is 0 Å². The van der Waals surface area contributed by atoms with E-state index < -0.39 is 0 Å². The number of nitrogens with zero attached hydrogens (tertiary/aromatic N) is 1. The normalized spacial score (nSPS) is 16.1. The Kier molecular flexibility index (Phi) is 5.20. The van der Waals surface area contributed by atoms with E-state index in [0.29, 0.717) is 6.04 Å². The molecule has 104 valence electrons. The number of hydrogen-bond donors (Lipinski definition) is 1. The lowest BCUT2D eigenvalue weighted by Gasteiger charge is -2.28. The van der Waals surface area contributed by atoms with Crippen LogP contribution in [0.2, 0.25) is 0 Å². The Bertz CT molecular complexity index is 425. The molecule has 1 N–H and O–H groups in total. The Hall–Kier alpha value is -1.09. The van der Waals surface area contributed by atoms with Crippen LogP contribution in [0.1, 0.15) is 43.2 Å². The zero-order chi connectivity index (χ0) is 13.7. The Balaban J connectivity index is 1.84. The molecule has 1 fully saturated rings. The molecular weight excluding hydrogens is 252 g/mol. The largest absolute Gasteiger partial charge is 0.360 e. The van der Waals surface area contributed by atoms with E-state index in [1.165, 1.54) is 43.2 Å². The third-order valence-corrected chi connectivity index (χ3v) is 4.21. The van der Waals surface area contributed by atoms with E-state index in [4.69, 9.17) is 12.2 Å². The zero-order valence-electron chi connectivity index (χ0n) is 12.0. The average Bonchev–Trinajstić information content (AvgIpc) is 2.40. The second kappa shape index (κ2) is 6.90. The van der Waals surface area contributed by atoms with Crippen molar-refractivity contribution in [3.05, 3.63) is 35.4 Å².